The van der Waals surface area contributed by atoms with Gasteiger partial charge in [-0.3, -0.25) is 4.79 Å². The van der Waals surface area contributed by atoms with Crippen molar-refractivity contribution < 1.29 is 18.6 Å². The molecule has 0 unspecified atom stereocenters. The zero-order valence-corrected chi connectivity index (χ0v) is 12.9. The smallest absolute Gasteiger partial charge is 0.204 e. The molecule has 0 saturated carbocycles. The first-order chi connectivity index (χ1) is 11.2. The quantitative estimate of drug-likeness (QED) is 0.533. The van der Waals surface area contributed by atoms with Gasteiger partial charge in [-0.2, -0.15) is 0 Å². The summed E-state index contributed by atoms with van der Waals surface area (Å²) in [6.45, 7) is 3.96. The topological polar surface area (TPSA) is 57.9 Å². The van der Waals surface area contributed by atoms with Gasteiger partial charge >= 0.3 is 0 Å². The summed E-state index contributed by atoms with van der Waals surface area (Å²) in [4.78, 5) is 12.8. The molecule has 0 saturated heterocycles. The highest BCUT2D eigenvalue weighted by Crippen LogP contribution is 2.33. The normalized spacial score (nSPS) is 10.7. The van der Waals surface area contributed by atoms with E-state index in [9.17, 15) is 4.79 Å². The molecule has 5 nitrogen and oxygen atoms in total. The van der Waals surface area contributed by atoms with E-state index in [1.807, 2.05) is 0 Å². The SMILES string of the molecule is C=CCOc1cc(OC)c2c(=O)c3cccc(OC)c3oc2c1. The third kappa shape index (κ3) is 2.50. The molecular weight excluding hydrogens is 296 g/mol. The first-order valence-corrected chi connectivity index (χ1v) is 7.05. The number of para-hydroxylation sites is 1. The molecule has 0 amide bonds. The van der Waals surface area contributed by atoms with Crippen LogP contribution in [0.15, 0.2) is 52.2 Å². The van der Waals surface area contributed by atoms with Crippen molar-refractivity contribution in [2.75, 3.05) is 20.8 Å². The summed E-state index contributed by atoms with van der Waals surface area (Å²) in [6.07, 6.45) is 1.64. The molecule has 0 fully saturated rings. The molecule has 0 atom stereocenters. The largest absolute Gasteiger partial charge is 0.496 e. The van der Waals surface area contributed by atoms with Crippen molar-refractivity contribution in [3.05, 3.63) is 53.2 Å². The van der Waals surface area contributed by atoms with E-state index < -0.39 is 0 Å². The Morgan fingerprint density at radius 2 is 1.96 bits per heavy atom. The van der Waals surface area contributed by atoms with Crippen molar-refractivity contribution in [1.82, 2.24) is 0 Å². The Bertz CT molecular complexity index is 939. The Morgan fingerprint density at radius 1 is 1.17 bits per heavy atom. The number of benzene rings is 2. The molecule has 1 heterocycles. The minimum absolute atomic E-state index is 0.174. The highest BCUT2D eigenvalue weighted by atomic mass is 16.5. The molecule has 118 valence electrons. The molecular formula is C18H16O5. The van der Waals surface area contributed by atoms with E-state index in [0.29, 0.717) is 45.8 Å². The molecule has 0 aliphatic rings. The molecule has 1 aromatic heterocycles. The maximum absolute atomic E-state index is 12.8. The zero-order chi connectivity index (χ0) is 16.4. The Hall–Kier alpha value is -2.95. The molecule has 0 bridgehead atoms. The first-order valence-electron chi connectivity index (χ1n) is 7.05. The van der Waals surface area contributed by atoms with Gasteiger partial charge < -0.3 is 18.6 Å². The van der Waals surface area contributed by atoms with Crippen molar-refractivity contribution in [3.63, 3.8) is 0 Å². The molecule has 3 aromatic rings. The van der Waals surface area contributed by atoms with Gasteiger partial charge in [-0.25, -0.2) is 0 Å². The molecule has 2 aromatic carbocycles. The van der Waals surface area contributed by atoms with E-state index in [0.717, 1.165) is 0 Å². The standard InChI is InChI=1S/C18H16O5/c1-4-8-22-11-9-14(21-3)16-15(10-11)23-18-12(17(16)19)6-5-7-13(18)20-2/h4-7,9-10H,1,8H2,2-3H3. The van der Waals surface area contributed by atoms with Crippen LogP contribution in [0.2, 0.25) is 0 Å². The van der Waals surface area contributed by atoms with Crippen molar-refractivity contribution in [3.8, 4) is 17.2 Å². The van der Waals surface area contributed by atoms with E-state index in [2.05, 4.69) is 6.58 Å². The lowest BCUT2D eigenvalue weighted by molar-refractivity contribution is 0.357. The molecule has 0 N–H and O–H groups in total. The lowest BCUT2D eigenvalue weighted by atomic mass is 10.1. The van der Waals surface area contributed by atoms with Gasteiger partial charge in [0.1, 0.15) is 29.1 Å². The summed E-state index contributed by atoms with van der Waals surface area (Å²) in [5, 5.41) is 0.814. The Labute approximate surface area is 132 Å². The van der Waals surface area contributed by atoms with Gasteiger partial charge in [0.25, 0.3) is 0 Å². The van der Waals surface area contributed by atoms with E-state index in [4.69, 9.17) is 18.6 Å². The molecule has 0 spiro atoms. The number of ether oxygens (including phenoxy) is 3. The van der Waals surface area contributed by atoms with Crippen LogP contribution in [0, 0.1) is 0 Å². The summed E-state index contributed by atoms with van der Waals surface area (Å²) in [6, 6.07) is 8.51. The Balaban J connectivity index is 2.38. The fourth-order valence-electron chi connectivity index (χ4n) is 2.47. The van der Waals surface area contributed by atoms with Crippen LogP contribution in [0.3, 0.4) is 0 Å². The highest BCUT2D eigenvalue weighted by molar-refractivity contribution is 5.95. The predicted octanol–water partition coefficient (Wildman–Crippen LogP) is 3.53. The van der Waals surface area contributed by atoms with Crippen LogP contribution >= 0.6 is 0 Å². The van der Waals surface area contributed by atoms with Gasteiger partial charge in [-0.05, 0) is 12.1 Å². The molecule has 0 radical (unpaired) electrons. The van der Waals surface area contributed by atoms with Crippen molar-refractivity contribution >= 4 is 21.9 Å². The lowest BCUT2D eigenvalue weighted by Crippen LogP contribution is -2.05. The van der Waals surface area contributed by atoms with Crippen molar-refractivity contribution in [1.29, 1.82) is 0 Å². The van der Waals surface area contributed by atoms with Crippen molar-refractivity contribution in [2.24, 2.45) is 0 Å². The minimum atomic E-state index is -0.174. The average Bonchev–Trinajstić information content (AvgIpc) is 2.58. The van der Waals surface area contributed by atoms with E-state index >= 15 is 0 Å². The fraction of sp³-hybridized carbons (Fsp3) is 0.167. The van der Waals surface area contributed by atoms with Gasteiger partial charge in [0.15, 0.2) is 11.3 Å². The van der Waals surface area contributed by atoms with Gasteiger partial charge in [-0.15, -0.1) is 0 Å². The summed E-state index contributed by atoms with van der Waals surface area (Å²) in [5.41, 5.74) is 0.605. The Kier molecular flexibility index (Phi) is 3.93. The average molecular weight is 312 g/mol. The first kappa shape index (κ1) is 15.0. The van der Waals surface area contributed by atoms with Crippen LogP contribution in [0.25, 0.3) is 21.9 Å². The zero-order valence-electron chi connectivity index (χ0n) is 12.9. The second-order valence-electron chi connectivity index (χ2n) is 4.87. The third-order valence-electron chi connectivity index (χ3n) is 3.51. The molecule has 5 heteroatoms. The van der Waals surface area contributed by atoms with Gasteiger partial charge in [-0.1, -0.05) is 18.7 Å². The number of hydrogen-bond acceptors (Lipinski definition) is 5. The summed E-state index contributed by atoms with van der Waals surface area (Å²) in [7, 11) is 3.03. The van der Waals surface area contributed by atoms with Gasteiger partial charge in [0, 0.05) is 12.1 Å². The molecule has 23 heavy (non-hydrogen) atoms. The van der Waals surface area contributed by atoms with Crippen LogP contribution in [0.1, 0.15) is 0 Å². The number of methoxy groups -OCH3 is 2. The summed E-state index contributed by atoms with van der Waals surface area (Å²) >= 11 is 0. The van der Waals surface area contributed by atoms with E-state index in [1.54, 1.807) is 36.4 Å². The van der Waals surface area contributed by atoms with Gasteiger partial charge in [0.05, 0.1) is 19.6 Å². The minimum Gasteiger partial charge on any atom is -0.496 e. The maximum atomic E-state index is 12.8. The van der Waals surface area contributed by atoms with Crippen molar-refractivity contribution in [2.45, 2.75) is 0 Å². The van der Waals surface area contributed by atoms with Crippen LogP contribution in [-0.4, -0.2) is 20.8 Å². The maximum Gasteiger partial charge on any atom is 0.204 e. The van der Waals surface area contributed by atoms with E-state index in [1.165, 1.54) is 14.2 Å². The highest BCUT2D eigenvalue weighted by Gasteiger charge is 2.16. The van der Waals surface area contributed by atoms with E-state index in [-0.39, 0.29) is 5.43 Å². The number of rotatable bonds is 5. The fourth-order valence-corrected chi connectivity index (χ4v) is 2.47. The number of fused-ring (bicyclic) bond motifs is 2. The molecule has 0 aliphatic carbocycles. The van der Waals surface area contributed by atoms with Crippen LogP contribution in [0.4, 0.5) is 0 Å². The van der Waals surface area contributed by atoms with Gasteiger partial charge in [0.2, 0.25) is 5.43 Å². The second-order valence-corrected chi connectivity index (χ2v) is 4.87. The lowest BCUT2D eigenvalue weighted by Gasteiger charge is -2.11. The monoisotopic (exact) mass is 312 g/mol. The molecule has 3 rings (SSSR count). The number of hydrogen-bond donors (Lipinski definition) is 0. The van der Waals surface area contributed by atoms with Crippen LogP contribution < -0.4 is 19.6 Å². The predicted molar refractivity (Wildman–Crippen MR) is 88.8 cm³/mol. The summed E-state index contributed by atoms with van der Waals surface area (Å²) < 4.78 is 22.0. The molecule has 0 aliphatic heterocycles. The summed E-state index contributed by atoms with van der Waals surface area (Å²) in [5.74, 6) is 1.43. The third-order valence-corrected chi connectivity index (χ3v) is 3.51. The Morgan fingerprint density at radius 3 is 2.65 bits per heavy atom. The second kappa shape index (κ2) is 6.04. The van der Waals surface area contributed by atoms with Crippen LogP contribution in [-0.2, 0) is 0 Å². The van der Waals surface area contributed by atoms with Crippen LogP contribution in [0.5, 0.6) is 17.2 Å².